The molecule has 1 heterocycles. The van der Waals surface area contributed by atoms with Crippen LogP contribution in [0.4, 0.5) is 0 Å². The Balaban J connectivity index is 2.22. The zero-order valence-electron chi connectivity index (χ0n) is 17.5. The summed E-state index contributed by atoms with van der Waals surface area (Å²) in [4.78, 5) is 15.7. The number of nitrogens with zero attached hydrogens (tertiary/aromatic N) is 1. The van der Waals surface area contributed by atoms with Gasteiger partial charge in [-0.2, -0.15) is 0 Å². The van der Waals surface area contributed by atoms with Crippen LogP contribution in [0.3, 0.4) is 0 Å². The molecule has 4 atom stereocenters. The van der Waals surface area contributed by atoms with Crippen molar-refractivity contribution >= 4 is 29.1 Å². The Hall–Kier alpha value is -1.81. The molecule has 0 spiro atoms. The molecule has 0 aromatic heterocycles. The lowest BCUT2D eigenvalue weighted by atomic mass is 9.67. The number of carbonyl (C=O) groups excluding carboxylic acids is 1. The van der Waals surface area contributed by atoms with Crippen molar-refractivity contribution in [2.45, 2.75) is 51.1 Å². The van der Waals surface area contributed by atoms with E-state index in [2.05, 4.69) is 12.6 Å². The summed E-state index contributed by atoms with van der Waals surface area (Å²) in [6.07, 6.45) is 3.73. The Morgan fingerprint density at radius 1 is 1.20 bits per heavy atom. The molecule has 3 rings (SSSR count). The molecule has 2 aromatic rings. The smallest absolute Gasteiger partial charge is 0.229 e. The fourth-order valence-electron chi connectivity index (χ4n) is 4.70. The van der Waals surface area contributed by atoms with E-state index in [9.17, 15) is 9.90 Å². The van der Waals surface area contributed by atoms with Crippen LogP contribution in [-0.2, 0) is 4.79 Å². The van der Waals surface area contributed by atoms with E-state index in [1.807, 2.05) is 67.3 Å². The molecule has 3 unspecified atom stereocenters. The Bertz CT molecular complexity index is 894. The normalized spacial score (nSPS) is 25.2. The molecule has 0 aliphatic carbocycles. The van der Waals surface area contributed by atoms with E-state index >= 15 is 0 Å². The second-order valence-corrected chi connectivity index (χ2v) is 9.25. The van der Waals surface area contributed by atoms with E-state index in [0.717, 1.165) is 11.1 Å². The van der Waals surface area contributed by atoms with Gasteiger partial charge < -0.3 is 10.0 Å². The van der Waals surface area contributed by atoms with Crippen LogP contribution in [-0.4, -0.2) is 28.6 Å². The molecule has 1 amide bonds. The summed E-state index contributed by atoms with van der Waals surface area (Å²) in [5, 5.41) is 11.5. The molecule has 2 aromatic carbocycles. The van der Waals surface area contributed by atoms with Crippen molar-refractivity contribution in [1.29, 1.82) is 0 Å². The quantitative estimate of drug-likeness (QED) is 0.500. The van der Waals surface area contributed by atoms with Crippen LogP contribution in [0.2, 0.25) is 10.0 Å². The summed E-state index contributed by atoms with van der Waals surface area (Å²) in [5.41, 5.74) is 1.49. The summed E-state index contributed by atoms with van der Waals surface area (Å²) in [6, 6.07) is 15.0. The molecule has 1 aliphatic rings. The summed E-state index contributed by atoms with van der Waals surface area (Å²) in [7, 11) is 0. The van der Waals surface area contributed by atoms with E-state index in [4.69, 9.17) is 23.2 Å². The zero-order chi connectivity index (χ0) is 21.9. The summed E-state index contributed by atoms with van der Waals surface area (Å²) >= 11 is 12.5. The van der Waals surface area contributed by atoms with E-state index in [-0.39, 0.29) is 30.5 Å². The van der Waals surface area contributed by atoms with Gasteiger partial charge in [-0.05, 0) is 54.7 Å². The third-order valence-corrected chi connectivity index (χ3v) is 6.75. The number of hydrogen-bond acceptors (Lipinski definition) is 2. The average Bonchev–Trinajstić information content (AvgIpc) is 2.73. The van der Waals surface area contributed by atoms with Gasteiger partial charge in [-0.15, -0.1) is 6.58 Å². The Kier molecular flexibility index (Phi) is 7.28. The summed E-state index contributed by atoms with van der Waals surface area (Å²) in [6.45, 7) is 7.81. The predicted molar refractivity (Wildman–Crippen MR) is 124 cm³/mol. The highest BCUT2D eigenvalue weighted by Gasteiger charge is 2.50. The van der Waals surface area contributed by atoms with Crippen molar-refractivity contribution in [1.82, 2.24) is 4.90 Å². The number of carbonyl (C=O) groups is 1. The van der Waals surface area contributed by atoms with Gasteiger partial charge in [0.1, 0.15) is 0 Å². The molecule has 0 saturated carbocycles. The molecular weight excluding hydrogens is 417 g/mol. The maximum absolute atomic E-state index is 13.8. The third-order valence-electron chi connectivity index (χ3n) is 6.26. The highest BCUT2D eigenvalue weighted by Crippen LogP contribution is 2.52. The number of benzene rings is 2. The number of allylic oxidation sites excluding steroid dienone is 1. The Morgan fingerprint density at radius 2 is 1.90 bits per heavy atom. The van der Waals surface area contributed by atoms with Crippen molar-refractivity contribution in [2.24, 2.45) is 5.41 Å². The van der Waals surface area contributed by atoms with Crippen molar-refractivity contribution in [2.75, 3.05) is 6.61 Å². The molecule has 1 N–H and O–H groups in total. The van der Waals surface area contributed by atoms with E-state index in [1.54, 1.807) is 0 Å². The van der Waals surface area contributed by atoms with Gasteiger partial charge in [0.2, 0.25) is 5.91 Å². The number of amides is 1. The van der Waals surface area contributed by atoms with Crippen LogP contribution in [0.15, 0.2) is 61.2 Å². The number of aliphatic hydroxyl groups excluding tert-OH is 1. The van der Waals surface area contributed by atoms with Crippen LogP contribution in [0.5, 0.6) is 0 Å². The molecule has 160 valence electrons. The topological polar surface area (TPSA) is 40.5 Å². The number of aliphatic hydroxyl groups is 1. The molecule has 1 fully saturated rings. The maximum atomic E-state index is 13.8. The lowest BCUT2D eigenvalue weighted by Crippen LogP contribution is -2.56. The fraction of sp³-hybridized carbons (Fsp3) is 0.400. The number of halogens is 2. The highest BCUT2D eigenvalue weighted by atomic mass is 35.5. The number of hydrogen-bond donors (Lipinski definition) is 1. The van der Waals surface area contributed by atoms with Crippen LogP contribution in [0.25, 0.3) is 0 Å². The van der Waals surface area contributed by atoms with Crippen LogP contribution < -0.4 is 0 Å². The molecule has 1 aliphatic heterocycles. The average molecular weight is 446 g/mol. The van der Waals surface area contributed by atoms with E-state index in [0.29, 0.717) is 29.3 Å². The van der Waals surface area contributed by atoms with Gasteiger partial charge in [0.25, 0.3) is 0 Å². The second kappa shape index (κ2) is 9.55. The SMILES string of the molecule is C=CCC1(C)CC(c2cccc(Cl)c2)C(c2ccc(Cl)cc2)N([C@H](CC)CO)C1=O. The Labute approximate surface area is 189 Å². The minimum Gasteiger partial charge on any atom is -0.394 e. The van der Waals surface area contributed by atoms with Crippen molar-refractivity contribution in [3.05, 3.63) is 82.4 Å². The molecule has 0 radical (unpaired) electrons. The first-order chi connectivity index (χ1) is 14.3. The summed E-state index contributed by atoms with van der Waals surface area (Å²) < 4.78 is 0. The minimum absolute atomic E-state index is 0.0214. The van der Waals surface area contributed by atoms with Crippen LogP contribution in [0, 0.1) is 5.41 Å². The third kappa shape index (κ3) is 4.44. The molecule has 3 nitrogen and oxygen atoms in total. The first kappa shape index (κ1) is 22.9. The van der Waals surface area contributed by atoms with Crippen LogP contribution >= 0.6 is 23.2 Å². The van der Waals surface area contributed by atoms with Crippen LogP contribution in [0.1, 0.15) is 56.2 Å². The Morgan fingerprint density at radius 3 is 2.47 bits per heavy atom. The van der Waals surface area contributed by atoms with Crippen molar-refractivity contribution in [3.8, 4) is 0 Å². The minimum atomic E-state index is -0.597. The van der Waals surface area contributed by atoms with Gasteiger partial charge >= 0.3 is 0 Å². The number of piperidine rings is 1. The van der Waals surface area contributed by atoms with Gasteiger partial charge in [-0.3, -0.25) is 4.79 Å². The highest BCUT2D eigenvalue weighted by molar-refractivity contribution is 6.30. The predicted octanol–water partition coefficient (Wildman–Crippen LogP) is 6.40. The van der Waals surface area contributed by atoms with E-state index in [1.165, 1.54) is 0 Å². The lowest BCUT2D eigenvalue weighted by molar-refractivity contribution is -0.156. The number of rotatable bonds is 7. The zero-order valence-corrected chi connectivity index (χ0v) is 19.0. The van der Waals surface area contributed by atoms with Gasteiger partial charge in [0, 0.05) is 16.0 Å². The van der Waals surface area contributed by atoms with Crippen molar-refractivity contribution in [3.63, 3.8) is 0 Å². The first-order valence-electron chi connectivity index (χ1n) is 10.4. The van der Waals surface area contributed by atoms with Gasteiger partial charge in [0.05, 0.1) is 24.1 Å². The van der Waals surface area contributed by atoms with E-state index < -0.39 is 5.41 Å². The molecule has 0 bridgehead atoms. The second-order valence-electron chi connectivity index (χ2n) is 8.37. The van der Waals surface area contributed by atoms with Gasteiger partial charge in [-0.25, -0.2) is 0 Å². The largest absolute Gasteiger partial charge is 0.394 e. The molecule has 1 saturated heterocycles. The molecule has 30 heavy (non-hydrogen) atoms. The lowest BCUT2D eigenvalue weighted by Gasteiger charge is -2.51. The maximum Gasteiger partial charge on any atom is 0.229 e. The molecule has 5 heteroatoms. The van der Waals surface area contributed by atoms with Gasteiger partial charge in [-0.1, -0.05) is 67.4 Å². The fourth-order valence-corrected chi connectivity index (χ4v) is 5.03. The number of likely N-dealkylation sites (tertiary alicyclic amines) is 1. The summed E-state index contributed by atoms with van der Waals surface area (Å²) in [5.74, 6) is 0.0784. The standard InChI is InChI=1S/C25H29Cl2NO2/c1-4-13-25(3)15-22(18-7-6-8-20(27)14-18)23(17-9-11-19(26)12-10-17)28(24(25)30)21(5-2)16-29/h4,6-12,14,21-23,29H,1,5,13,15-16H2,2-3H3/t21-,22?,23?,25?/m1/s1. The monoisotopic (exact) mass is 445 g/mol. The van der Waals surface area contributed by atoms with Crippen molar-refractivity contribution < 1.29 is 9.90 Å². The van der Waals surface area contributed by atoms with Gasteiger partial charge in [0.15, 0.2) is 0 Å². The molecular formula is C25H29Cl2NO2. The first-order valence-corrected chi connectivity index (χ1v) is 11.2.